The van der Waals surface area contributed by atoms with Crippen LogP contribution in [0.2, 0.25) is 0 Å². The minimum absolute atomic E-state index is 0.747. The van der Waals surface area contributed by atoms with Crippen molar-refractivity contribution in [2.75, 3.05) is 0 Å². The predicted molar refractivity (Wildman–Crippen MR) is 85.7 cm³/mol. The van der Waals surface area contributed by atoms with Crippen LogP contribution in [-0.4, -0.2) is 39.6 Å². The molecule has 0 unspecified atom stereocenters. The highest BCUT2D eigenvalue weighted by atomic mass is 32.1. The van der Waals surface area contributed by atoms with Gasteiger partial charge in [-0.05, 0) is 11.5 Å². The molecule has 9 heteroatoms. The van der Waals surface area contributed by atoms with Gasteiger partial charge in [0.2, 0.25) is 0 Å². The van der Waals surface area contributed by atoms with Gasteiger partial charge in [-0.3, -0.25) is 0 Å². The highest BCUT2D eigenvalue weighted by Crippen LogP contribution is 2.37. The molecule has 2 N–H and O–H groups in total. The van der Waals surface area contributed by atoms with E-state index in [9.17, 15) is 0 Å². The van der Waals surface area contributed by atoms with E-state index >= 15 is 0 Å². The molecule has 0 bridgehead atoms. The van der Waals surface area contributed by atoms with E-state index < -0.39 is 0 Å². The maximum atomic E-state index is 4.50. The van der Waals surface area contributed by atoms with Crippen LogP contribution in [0.1, 0.15) is 0 Å². The van der Waals surface area contributed by atoms with Gasteiger partial charge < -0.3 is 0 Å². The molecular weight excluding hydrogens is 312 g/mol. The van der Waals surface area contributed by atoms with Crippen LogP contribution >= 0.6 is 11.7 Å². The van der Waals surface area contributed by atoms with Gasteiger partial charge >= 0.3 is 0 Å². The third-order valence-electron chi connectivity index (χ3n) is 3.76. The van der Waals surface area contributed by atoms with Crippen LogP contribution in [0.4, 0.5) is 0 Å². The van der Waals surface area contributed by atoms with E-state index in [4.69, 9.17) is 0 Å². The Hall–Kier alpha value is -3.20. The average molecular weight is 320 g/mol. The quantitative estimate of drug-likeness (QED) is 0.517. The lowest BCUT2D eigenvalue weighted by Crippen LogP contribution is -1.88. The minimum Gasteiger partial charge on any atom is -0.197 e. The monoisotopic (exact) mass is 320 g/mol. The Balaban J connectivity index is 1.94. The zero-order valence-corrected chi connectivity index (χ0v) is 12.4. The summed E-state index contributed by atoms with van der Waals surface area (Å²) in [6, 6.07) is 8.10. The second kappa shape index (κ2) is 4.65. The van der Waals surface area contributed by atoms with E-state index in [1.807, 2.05) is 18.2 Å². The lowest BCUT2D eigenvalue weighted by molar-refractivity contribution is 0.942. The van der Waals surface area contributed by atoms with E-state index in [1.54, 1.807) is 12.4 Å². The minimum atomic E-state index is 0.747. The molecule has 0 spiro atoms. The van der Waals surface area contributed by atoms with Crippen LogP contribution < -0.4 is 0 Å². The highest BCUT2D eigenvalue weighted by Gasteiger charge is 2.17. The van der Waals surface area contributed by atoms with Crippen molar-refractivity contribution < 1.29 is 0 Å². The first-order valence-electron chi connectivity index (χ1n) is 6.82. The Labute approximate surface area is 132 Å². The fourth-order valence-corrected chi connectivity index (χ4v) is 3.35. The summed E-state index contributed by atoms with van der Waals surface area (Å²) in [7, 11) is 0. The van der Waals surface area contributed by atoms with Gasteiger partial charge in [0.1, 0.15) is 22.4 Å². The molecule has 110 valence electrons. The molecule has 0 aliphatic heterocycles. The lowest BCUT2D eigenvalue weighted by atomic mass is 9.97. The molecule has 0 amide bonds. The summed E-state index contributed by atoms with van der Waals surface area (Å²) in [6.07, 6.45) is 3.38. The molecule has 3 heterocycles. The summed E-state index contributed by atoms with van der Waals surface area (Å²) in [5, 5.41) is 23.5. The molecule has 0 saturated carbocycles. The molecular formula is C14H8N8S. The number of fused-ring (bicyclic) bond motifs is 3. The lowest BCUT2D eigenvalue weighted by Gasteiger charge is -2.07. The molecule has 0 aliphatic carbocycles. The zero-order chi connectivity index (χ0) is 15.2. The average Bonchev–Trinajstić information content (AvgIpc) is 3.35. The van der Waals surface area contributed by atoms with Crippen molar-refractivity contribution in [1.82, 2.24) is 39.6 Å². The van der Waals surface area contributed by atoms with Crippen molar-refractivity contribution in [2.45, 2.75) is 0 Å². The standard InChI is InChI=1S/C14H8N8S/c1-2-7-4-9(11-6-16-22-18-11)13-14(20-23-19-13)12(7)8(3-1)10-5-15-21-17-10/h1-6H,(H,15,17,21)(H,16,18,22). The van der Waals surface area contributed by atoms with Crippen LogP contribution in [0.3, 0.4) is 0 Å². The number of hydrogen-bond donors (Lipinski definition) is 2. The fourth-order valence-electron chi connectivity index (χ4n) is 2.78. The highest BCUT2D eigenvalue weighted by molar-refractivity contribution is 7.00. The topological polar surface area (TPSA) is 109 Å². The number of benzene rings is 2. The summed E-state index contributed by atoms with van der Waals surface area (Å²) in [5.41, 5.74) is 5.06. The van der Waals surface area contributed by atoms with Gasteiger partial charge in [-0.1, -0.05) is 18.2 Å². The van der Waals surface area contributed by atoms with Gasteiger partial charge in [0.25, 0.3) is 0 Å². The van der Waals surface area contributed by atoms with Crippen LogP contribution in [0, 0.1) is 0 Å². The van der Waals surface area contributed by atoms with Gasteiger partial charge in [0.15, 0.2) is 0 Å². The van der Waals surface area contributed by atoms with Crippen molar-refractivity contribution in [1.29, 1.82) is 0 Å². The van der Waals surface area contributed by atoms with Crippen molar-refractivity contribution in [3.63, 3.8) is 0 Å². The molecule has 23 heavy (non-hydrogen) atoms. The molecule has 8 nitrogen and oxygen atoms in total. The maximum absolute atomic E-state index is 4.50. The van der Waals surface area contributed by atoms with Crippen LogP contribution in [-0.2, 0) is 0 Å². The number of aromatic nitrogens is 8. The van der Waals surface area contributed by atoms with E-state index in [1.165, 1.54) is 11.7 Å². The van der Waals surface area contributed by atoms with E-state index in [2.05, 4.69) is 45.6 Å². The smallest absolute Gasteiger partial charge is 0.115 e. The zero-order valence-electron chi connectivity index (χ0n) is 11.6. The number of rotatable bonds is 2. The molecule has 5 rings (SSSR count). The summed E-state index contributed by atoms with van der Waals surface area (Å²) in [4.78, 5) is 0. The Morgan fingerprint density at radius 1 is 0.826 bits per heavy atom. The summed E-state index contributed by atoms with van der Waals surface area (Å²) in [5.74, 6) is 0. The molecule has 2 aromatic carbocycles. The van der Waals surface area contributed by atoms with Gasteiger partial charge in [-0.2, -0.15) is 39.6 Å². The van der Waals surface area contributed by atoms with Crippen molar-refractivity contribution >= 4 is 33.5 Å². The van der Waals surface area contributed by atoms with Gasteiger partial charge in [0, 0.05) is 16.5 Å². The Morgan fingerprint density at radius 3 is 2.30 bits per heavy atom. The largest absolute Gasteiger partial charge is 0.197 e. The summed E-state index contributed by atoms with van der Waals surface area (Å²) >= 11 is 1.18. The van der Waals surface area contributed by atoms with Crippen LogP contribution in [0.5, 0.6) is 0 Å². The second-order valence-electron chi connectivity index (χ2n) is 5.00. The molecule has 0 radical (unpaired) electrons. The third kappa shape index (κ3) is 1.77. The first-order valence-corrected chi connectivity index (χ1v) is 7.55. The van der Waals surface area contributed by atoms with Crippen LogP contribution in [0.25, 0.3) is 44.3 Å². The normalized spacial score (nSPS) is 11.5. The number of nitrogens with one attached hydrogen (secondary N) is 2. The molecule has 0 atom stereocenters. The number of nitrogens with zero attached hydrogens (tertiary/aromatic N) is 6. The Bertz CT molecular complexity index is 1110. The second-order valence-corrected chi connectivity index (χ2v) is 5.53. The van der Waals surface area contributed by atoms with Crippen LogP contribution in [0.15, 0.2) is 36.7 Å². The predicted octanol–water partition coefficient (Wildman–Crippen LogP) is 2.41. The first kappa shape index (κ1) is 12.4. The van der Waals surface area contributed by atoms with Gasteiger partial charge in [0.05, 0.1) is 24.1 Å². The Kier molecular flexibility index (Phi) is 2.50. The van der Waals surface area contributed by atoms with E-state index in [0.29, 0.717) is 0 Å². The van der Waals surface area contributed by atoms with Crippen molar-refractivity contribution in [3.05, 3.63) is 36.7 Å². The molecule has 0 saturated heterocycles. The van der Waals surface area contributed by atoms with Gasteiger partial charge in [-0.15, -0.1) is 0 Å². The molecule has 3 aromatic heterocycles. The fraction of sp³-hybridized carbons (Fsp3) is 0. The SMILES string of the molecule is c1cc(-c2cn[nH]n2)c2c(c1)cc(-c1cn[nH]n1)c1nsnc12. The molecule has 0 aliphatic rings. The van der Waals surface area contributed by atoms with Crippen molar-refractivity contribution in [2.24, 2.45) is 0 Å². The number of hydrogen-bond acceptors (Lipinski definition) is 7. The first-order chi connectivity index (χ1) is 11.4. The van der Waals surface area contributed by atoms with Gasteiger partial charge in [-0.25, -0.2) is 0 Å². The molecule has 5 aromatic rings. The summed E-state index contributed by atoms with van der Waals surface area (Å²) in [6.45, 7) is 0. The summed E-state index contributed by atoms with van der Waals surface area (Å²) < 4.78 is 8.95. The number of H-pyrrole nitrogens is 2. The van der Waals surface area contributed by atoms with Crippen molar-refractivity contribution in [3.8, 4) is 22.5 Å². The molecule has 0 fully saturated rings. The maximum Gasteiger partial charge on any atom is 0.115 e. The third-order valence-corrected chi connectivity index (χ3v) is 4.29. The van der Waals surface area contributed by atoms with E-state index in [-0.39, 0.29) is 0 Å². The number of aromatic amines is 2. The Morgan fingerprint density at radius 2 is 1.57 bits per heavy atom. The van der Waals surface area contributed by atoms with E-state index in [0.717, 1.165) is 44.3 Å².